The van der Waals surface area contributed by atoms with E-state index in [9.17, 15) is 9.59 Å². The van der Waals surface area contributed by atoms with Crippen molar-refractivity contribution in [3.05, 3.63) is 42.0 Å². The number of hydrogen-bond acceptors (Lipinski definition) is 2. The Labute approximate surface area is 118 Å². The zero-order valence-corrected chi connectivity index (χ0v) is 11.6. The van der Waals surface area contributed by atoms with Crippen LogP contribution in [-0.4, -0.2) is 18.2 Å². The standard InChI is InChI=1S/C17H17NO2/c1-12(19)6-2-3-11-18-15-10-5-8-13-7-4-9-14(16(13)15)17(18)20/h4-5,7-10H,2-3,6,11H2,1H3. The summed E-state index contributed by atoms with van der Waals surface area (Å²) in [4.78, 5) is 25.3. The van der Waals surface area contributed by atoms with E-state index in [1.165, 1.54) is 0 Å². The minimum Gasteiger partial charge on any atom is -0.308 e. The summed E-state index contributed by atoms with van der Waals surface area (Å²) < 4.78 is 0. The fraction of sp³-hybridized carbons (Fsp3) is 0.294. The molecule has 0 unspecified atom stereocenters. The molecule has 1 aliphatic heterocycles. The van der Waals surface area contributed by atoms with E-state index in [4.69, 9.17) is 0 Å². The monoisotopic (exact) mass is 267 g/mol. The fourth-order valence-electron chi connectivity index (χ4n) is 2.84. The average Bonchev–Trinajstić information content (AvgIpc) is 2.71. The van der Waals surface area contributed by atoms with Gasteiger partial charge in [-0.2, -0.15) is 0 Å². The molecule has 0 N–H and O–H groups in total. The third-order valence-electron chi connectivity index (χ3n) is 3.81. The van der Waals surface area contributed by atoms with Crippen molar-refractivity contribution in [2.75, 3.05) is 11.4 Å². The van der Waals surface area contributed by atoms with Crippen LogP contribution in [0.1, 0.15) is 36.5 Å². The number of hydrogen-bond donors (Lipinski definition) is 0. The van der Waals surface area contributed by atoms with E-state index < -0.39 is 0 Å². The van der Waals surface area contributed by atoms with Crippen molar-refractivity contribution < 1.29 is 9.59 Å². The van der Waals surface area contributed by atoms with Gasteiger partial charge in [-0.05, 0) is 37.3 Å². The number of Topliss-reactive ketones (excluding diaryl/α,β-unsaturated/α-hetero) is 1. The Bertz CT molecular complexity index is 685. The molecule has 0 atom stereocenters. The summed E-state index contributed by atoms with van der Waals surface area (Å²) in [5.41, 5.74) is 1.80. The van der Waals surface area contributed by atoms with Gasteiger partial charge < -0.3 is 9.69 Å². The minimum atomic E-state index is 0.0830. The van der Waals surface area contributed by atoms with Gasteiger partial charge in [-0.3, -0.25) is 4.79 Å². The van der Waals surface area contributed by atoms with Crippen molar-refractivity contribution in [1.82, 2.24) is 0 Å². The van der Waals surface area contributed by atoms with Gasteiger partial charge in [-0.25, -0.2) is 0 Å². The Kier molecular flexibility index (Phi) is 3.26. The van der Waals surface area contributed by atoms with E-state index in [-0.39, 0.29) is 11.7 Å². The lowest BCUT2D eigenvalue weighted by atomic mass is 10.1. The number of carbonyl (C=O) groups is 2. The molecule has 3 rings (SSSR count). The van der Waals surface area contributed by atoms with Gasteiger partial charge in [-0.1, -0.05) is 24.3 Å². The fourth-order valence-corrected chi connectivity index (χ4v) is 2.84. The molecule has 1 amide bonds. The highest BCUT2D eigenvalue weighted by molar-refractivity contribution is 6.24. The molecule has 0 radical (unpaired) electrons. The van der Waals surface area contributed by atoms with Crippen LogP contribution in [0.25, 0.3) is 10.8 Å². The number of nitrogens with zero attached hydrogens (tertiary/aromatic N) is 1. The third kappa shape index (κ3) is 2.09. The SMILES string of the molecule is CC(=O)CCCCN1C(=O)c2cccc3cccc1c23. The number of amides is 1. The predicted molar refractivity (Wildman–Crippen MR) is 80.2 cm³/mol. The lowest BCUT2D eigenvalue weighted by Crippen LogP contribution is -2.27. The molecule has 2 aromatic rings. The Morgan fingerprint density at radius 3 is 2.60 bits per heavy atom. The van der Waals surface area contributed by atoms with Crippen LogP contribution in [-0.2, 0) is 4.79 Å². The molecular formula is C17H17NO2. The highest BCUT2D eigenvalue weighted by Gasteiger charge is 2.28. The van der Waals surface area contributed by atoms with E-state index in [2.05, 4.69) is 0 Å². The number of unbranched alkanes of at least 4 members (excludes halogenated alkanes) is 1. The Hall–Kier alpha value is -2.16. The van der Waals surface area contributed by atoms with Gasteiger partial charge >= 0.3 is 0 Å². The maximum Gasteiger partial charge on any atom is 0.258 e. The number of anilines is 1. The number of carbonyl (C=O) groups excluding carboxylic acids is 2. The zero-order valence-electron chi connectivity index (χ0n) is 11.6. The van der Waals surface area contributed by atoms with Crippen molar-refractivity contribution in [2.24, 2.45) is 0 Å². The van der Waals surface area contributed by atoms with Gasteiger partial charge in [0.25, 0.3) is 5.91 Å². The maximum absolute atomic E-state index is 12.5. The average molecular weight is 267 g/mol. The van der Waals surface area contributed by atoms with Crippen molar-refractivity contribution in [1.29, 1.82) is 0 Å². The molecule has 0 spiro atoms. The number of benzene rings is 2. The first-order valence-corrected chi connectivity index (χ1v) is 7.01. The molecule has 3 nitrogen and oxygen atoms in total. The topological polar surface area (TPSA) is 37.4 Å². The third-order valence-corrected chi connectivity index (χ3v) is 3.81. The first kappa shape index (κ1) is 12.9. The lowest BCUT2D eigenvalue weighted by molar-refractivity contribution is -0.117. The second-order valence-electron chi connectivity index (χ2n) is 5.30. The Morgan fingerprint density at radius 1 is 1.10 bits per heavy atom. The van der Waals surface area contributed by atoms with Crippen LogP contribution in [0.5, 0.6) is 0 Å². The summed E-state index contributed by atoms with van der Waals surface area (Å²) in [5.74, 6) is 0.294. The van der Waals surface area contributed by atoms with Crippen molar-refractivity contribution in [3.8, 4) is 0 Å². The first-order valence-electron chi connectivity index (χ1n) is 7.01. The summed E-state index contributed by atoms with van der Waals surface area (Å²) in [7, 11) is 0. The first-order chi connectivity index (χ1) is 9.68. The minimum absolute atomic E-state index is 0.0830. The van der Waals surface area contributed by atoms with Crippen LogP contribution in [0.4, 0.5) is 5.69 Å². The molecule has 102 valence electrons. The predicted octanol–water partition coefficient (Wildman–Crippen LogP) is 3.56. The van der Waals surface area contributed by atoms with E-state index in [1.54, 1.807) is 6.92 Å². The smallest absolute Gasteiger partial charge is 0.258 e. The maximum atomic E-state index is 12.5. The van der Waals surface area contributed by atoms with Crippen LogP contribution in [0.2, 0.25) is 0 Å². The van der Waals surface area contributed by atoms with E-state index in [1.807, 2.05) is 41.3 Å². The van der Waals surface area contributed by atoms with Gasteiger partial charge in [0.05, 0.1) is 5.69 Å². The Balaban J connectivity index is 1.84. The summed E-state index contributed by atoms with van der Waals surface area (Å²) in [5, 5.41) is 2.17. The molecule has 0 aliphatic carbocycles. The lowest BCUT2D eigenvalue weighted by Gasteiger charge is -2.17. The normalized spacial score (nSPS) is 13.2. The molecular weight excluding hydrogens is 250 g/mol. The van der Waals surface area contributed by atoms with Crippen LogP contribution < -0.4 is 4.90 Å². The molecule has 20 heavy (non-hydrogen) atoms. The van der Waals surface area contributed by atoms with Gasteiger partial charge in [0, 0.05) is 23.9 Å². The molecule has 0 saturated heterocycles. The van der Waals surface area contributed by atoms with Crippen molar-refractivity contribution in [3.63, 3.8) is 0 Å². The van der Waals surface area contributed by atoms with Gasteiger partial charge in [-0.15, -0.1) is 0 Å². The molecule has 1 aliphatic rings. The van der Waals surface area contributed by atoms with Crippen LogP contribution in [0.15, 0.2) is 36.4 Å². The van der Waals surface area contributed by atoms with Crippen LogP contribution >= 0.6 is 0 Å². The van der Waals surface area contributed by atoms with E-state index in [0.29, 0.717) is 13.0 Å². The summed E-state index contributed by atoms with van der Waals surface area (Å²) in [6, 6.07) is 11.9. The van der Waals surface area contributed by atoms with Crippen LogP contribution in [0, 0.1) is 0 Å². The molecule has 0 fully saturated rings. The Morgan fingerprint density at radius 2 is 1.85 bits per heavy atom. The summed E-state index contributed by atoms with van der Waals surface area (Å²) in [6.07, 6.45) is 2.29. The van der Waals surface area contributed by atoms with Crippen LogP contribution in [0.3, 0.4) is 0 Å². The summed E-state index contributed by atoms with van der Waals surface area (Å²) in [6.45, 7) is 2.29. The van der Waals surface area contributed by atoms with Gasteiger partial charge in [0.1, 0.15) is 5.78 Å². The second kappa shape index (κ2) is 5.08. The molecule has 0 aromatic heterocycles. The van der Waals surface area contributed by atoms with Gasteiger partial charge in [0.2, 0.25) is 0 Å². The largest absolute Gasteiger partial charge is 0.308 e. The molecule has 1 heterocycles. The molecule has 0 saturated carbocycles. The second-order valence-corrected chi connectivity index (χ2v) is 5.30. The van der Waals surface area contributed by atoms with E-state index in [0.717, 1.165) is 34.9 Å². The van der Waals surface area contributed by atoms with Crippen molar-refractivity contribution in [2.45, 2.75) is 26.2 Å². The number of rotatable bonds is 5. The van der Waals surface area contributed by atoms with E-state index >= 15 is 0 Å². The quantitative estimate of drug-likeness (QED) is 0.777. The highest BCUT2D eigenvalue weighted by Crippen LogP contribution is 2.37. The molecule has 0 bridgehead atoms. The zero-order chi connectivity index (χ0) is 14.1. The number of ketones is 1. The molecule has 2 aromatic carbocycles. The van der Waals surface area contributed by atoms with Crippen molar-refractivity contribution >= 4 is 28.2 Å². The molecule has 3 heteroatoms. The highest BCUT2D eigenvalue weighted by atomic mass is 16.2. The summed E-state index contributed by atoms with van der Waals surface area (Å²) >= 11 is 0. The van der Waals surface area contributed by atoms with Gasteiger partial charge in [0.15, 0.2) is 0 Å².